The van der Waals surface area contributed by atoms with Crippen LogP contribution in [0.1, 0.15) is 47.2 Å². The molecule has 0 bridgehead atoms. The molecule has 0 unspecified atom stereocenters. The van der Waals surface area contributed by atoms with Crippen molar-refractivity contribution in [3.8, 4) is 39.1 Å². The fourth-order valence-corrected chi connectivity index (χ4v) is 12.3. The van der Waals surface area contributed by atoms with Crippen LogP contribution in [0, 0.1) is 0 Å². The highest BCUT2D eigenvalue weighted by atomic mass is 15.1. The molecule has 2 heteroatoms. The average molecular weight is 815 g/mol. The maximum absolute atomic E-state index is 2.51. The molecule has 3 aliphatic carbocycles. The van der Waals surface area contributed by atoms with E-state index in [0.29, 0.717) is 0 Å². The van der Waals surface area contributed by atoms with Gasteiger partial charge in [0.05, 0.1) is 16.4 Å². The van der Waals surface area contributed by atoms with E-state index in [0.717, 1.165) is 17.1 Å². The molecule has 0 aliphatic heterocycles. The number of aromatic nitrogens is 1. The summed E-state index contributed by atoms with van der Waals surface area (Å²) in [4.78, 5) is 2.46. The number of anilines is 3. The Labute approximate surface area is 372 Å². The van der Waals surface area contributed by atoms with Crippen LogP contribution in [-0.4, -0.2) is 4.57 Å². The molecule has 0 saturated heterocycles. The molecule has 0 amide bonds. The van der Waals surface area contributed by atoms with Crippen molar-refractivity contribution in [2.75, 3.05) is 4.90 Å². The second-order valence-electron chi connectivity index (χ2n) is 18.4. The zero-order valence-corrected chi connectivity index (χ0v) is 35.7. The van der Waals surface area contributed by atoms with Gasteiger partial charge in [0, 0.05) is 38.9 Å². The molecular weight excluding hydrogens is 773 g/mol. The van der Waals surface area contributed by atoms with E-state index in [-0.39, 0.29) is 5.41 Å². The topological polar surface area (TPSA) is 8.17 Å². The number of hydrogen-bond acceptors (Lipinski definition) is 1. The van der Waals surface area contributed by atoms with E-state index in [9.17, 15) is 0 Å². The van der Waals surface area contributed by atoms with E-state index in [1.807, 2.05) is 0 Å². The second-order valence-corrected chi connectivity index (χ2v) is 18.4. The first-order valence-corrected chi connectivity index (χ1v) is 22.5. The van der Waals surface area contributed by atoms with Crippen molar-refractivity contribution < 1.29 is 0 Å². The van der Waals surface area contributed by atoms with Crippen LogP contribution < -0.4 is 4.90 Å². The predicted molar refractivity (Wildman–Crippen MR) is 267 cm³/mol. The van der Waals surface area contributed by atoms with Crippen molar-refractivity contribution in [3.05, 3.63) is 252 Å². The molecule has 300 valence electrons. The number of rotatable bonds is 4. The standard InChI is InChI=1S/C62H42N2/c1-61(2)52-25-10-6-22-46(52)51-36-41(32-35-53(51)61)64-58-29-13-9-23-48(58)49-34-31-43(38-59(49)64)63(40-18-4-3-5-19-40)42-30-33-47-50-24-14-16-39-17-15-28-56(60(39)50)62(57(47)37-42)54-26-11-7-20-44(54)45-21-8-12-27-55(45)62/h3-38H,1-2H3. The minimum Gasteiger partial charge on any atom is -0.310 e. The van der Waals surface area contributed by atoms with E-state index in [4.69, 9.17) is 0 Å². The molecule has 0 atom stereocenters. The lowest BCUT2D eigenvalue weighted by molar-refractivity contribution is 0.660. The average Bonchev–Trinajstić information content (AvgIpc) is 3.92. The van der Waals surface area contributed by atoms with Gasteiger partial charge in [0.15, 0.2) is 0 Å². The Balaban J connectivity index is 1.03. The van der Waals surface area contributed by atoms with E-state index in [2.05, 4.69) is 242 Å². The van der Waals surface area contributed by atoms with Gasteiger partial charge < -0.3 is 9.47 Å². The molecule has 3 aliphatic rings. The number of fused-ring (bicyclic) bond motifs is 15. The Kier molecular flexibility index (Phi) is 7.13. The highest BCUT2D eigenvalue weighted by molar-refractivity contribution is 6.11. The molecule has 0 fully saturated rings. The van der Waals surface area contributed by atoms with Crippen LogP contribution in [0.3, 0.4) is 0 Å². The normalized spacial score (nSPS) is 14.3. The molecular formula is C62H42N2. The van der Waals surface area contributed by atoms with Crippen LogP contribution in [0.25, 0.3) is 71.6 Å². The Hall–Kier alpha value is -7.94. The van der Waals surface area contributed by atoms with Crippen LogP contribution in [0.4, 0.5) is 17.1 Å². The molecule has 1 aromatic heterocycles. The highest BCUT2D eigenvalue weighted by Crippen LogP contribution is 2.62. The van der Waals surface area contributed by atoms with E-state index >= 15 is 0 Å². The zero-order chi connectivity index (χ0) is 42.3. The molecule has 2 nitrogen and oxygen atoms in total. The summed E-state index contributed by atoms with van der Waals surface area (Å²) in [5.41, 5.74) is 22.3. The Bertz CT molecular complexity index is 3720. The summed E-state index contributed by atoms with van der Waals surface area (Å²) >= 11 is 0. The van der Waals surface area contributed by atoms with Gasteiger partial charge in [-0.25, -0.2) is 0 Å². The molecule has 11 aromatic rings. The summed E-state index contributed by atoms with van der Waals surface area (Å²) in [6.07, 6.45) is 0. The summed E-state index contributed by atoms with van der Waals surface area (Å²) in [6.45, 7) is 4.71. The van der Waals surface area contributed by atoms with Gasteiger partial charge >= 0.3 is 0 Å². The minimum absolute atomic E-state index is 0.0562. The maximum Gasteiger partial charge on any atom is 0.0726 e. The third kappa shape index (κ3) is 4.54. The Morgan fingerprint density at radius 1 is 0.344 bits per heavy atom. The summed E-state index contributed by atoms with van der Waals surface area (Å²) in [6, 6.07) is 82.1. The van der Waals surface area contributed by atoms with Gasteiger partial charge in [-0.1, -0.05) is 178 Å². The van der Waals surface area contributed by atoms with Gasteiger partial charge in [0.25, 0.3) is 0 Å². The van der Waals surface area contributed by atoms with Crippen LogP contribution in [-0.2, 0) is 10.8 Å². The van der Waals surface area contributed by atoms with Crippen molar-refractivity contribution in [3.63, 3.8) is 0 Å². The maximum atomic E-state index is 2.51. The van der Waals surface area contributed by atoms with Crippen molar-refractivity contribution >= 4 is 49.6 Å². The van der Waals surface area contributed by atoms with Crippen molar-refractivity contribution in [2.24, 2.45) is 0 Å². The predicted octanol–water partition coefficient (Wildman–Crippen LogP) is 16.1. The summed E-state index contributed by atoms with van der Waals surface area (Å²) in [5, 5.41) is 5.10. The zero-order valence-electron chi connectivity index (χ0n) is 35.7. The lowest BCUT2D eigenvalue weighted by Gasteiger charge is -2.40. The summed E-state index contributed by atoms with van der Waals surface area (Å²) in [7, 11) is 0. The SMILES string of the molecule is CC1(C)c2ccccc2-c2cc(-n3c4ccccc4c4ccc(N(c5ccccc5)c5ccc6c(c5)C5(c7ccccc7-c7ccccc75)c5cccc7cccc-6c57)cc43)ccc21. The number of benzene rings is 10. The first-order chi connectivity index (χ1) is 31.5. The van der Waals surface area contributed by atoms with Gasteiger partial charge in [-0.2, -0.15) is 0 Å². The third-order valence-corrected chi connectivity index (χ3v) is 15.0. The fourth-order valence-electron chi connectivity index (χ4n) is 12.3. The van der Waals surface area contributed by atoms with Gasteiger partial charge in [-0.15, -0.1) is 0 Å². The summed E-state index contributed by atoms with van der Waals surface area (Å²) < 4.78 is 2.48. The molecule has 0 radical (unpaired) electrons. The fraction of sp³-hybridized carbons (Fsp3) is 0.0645. The van der Waals surface area contributed by atoms with E-state index < -0.39 is 5.41 Å². The number of para-hydroxylation sites is 2. The smallest absolute Gasteiger partial charge is 0.0726 e. The number of hydrogen-bond donors (Lipinski definition) is 0. The number of nitrogens with zero attached hydrogens (tertiary/aromatic N) is 2. The van der Waals surface area contributed by atoms with Crippen molar-refractivity contribution in [2.45, 2.75) is 24.7 Å². The lowest BCUT2D eigenvalue weighted by atomic mass is 9.61. The molecule has 0 N–H and O–H groups in total. The van der Waals surface area contributed by atoms with Crippen molar-refractivity contribution in [1.82, 2.24) is 4.57 Å². The quantitative estimate of drug-likeness (QED) is 0.172. The van der Waals surface area contributed by atoms with Crippen LogP contribution in [0.2, 0.25) is 0 Å². The van der Waals surface area contributed by atoms with Gasteiger partial charge in [0.1, 0.15) is 0 Å². The minimum atomic E-state index is -0.508. The van der Waals surface area contributed by atoms with Gasteiger partial charge in [0.2, 0.25) is 0 Å². The summed E-state index contributed by atoms with van der Waals surface area (Å²) in [5.74, 6) is 0. The molecule has 10 aromatic carbocycles. The Morgan fingerprint density at radius 3 is 1.69 bits per heavy atom. The van der Waals surface area contributed by atoms with Crippen molar-refractivity contribution in [1.29, 1.82) is 0 Å². The Morgan fingerprint density at radius 2 is 0.906 bits per heavy atom. The lowest BCUT2D eigenvalue weighted by Crippen LogP contribution is -2.32. The first kappa shape index (κ1) is 35.6. The third-order valence-electron chi connectivity index (χ3n) is 15.0. The highest BCUT2D eigenvalue weighted by Gasteiger charge is 2.50. The second kappa shape index (κ2) is 12.8. The van der Waals surface area contributed by atoms with Crippen LogP contribution in [0.15, 0.2) is 218 Å². The van der Waals surface area contributed by atoms with E-state index in [1.54, 1.807) is 0 Å². The molecule has 1 heterocycles. The molecule has 1 spiro atoms. The van der Waals surface area contributed by atoms with E-state index in [1.165, 1.54) is 105 Å². The molecule has 64 heavy (non-hydrogen) atoms. The van der Waals surface area contributed by atoms with Crippen LogP contribution in [0.5, 0.6) is 0 Å². The monoisotopic (exact) mass is 814 g/mol. The van der Waals surface area contributed by atoms with Gasteiger partial charge in [-0.05, 0) is 132 Å². The molecule has 14 rings (SSSR count). The molecule has 0 saturated carbocycles. The first-order valence-electron chi connectivity index (χ1n) is 22.5. The largest absolute Gasteiger partial charge is 0.310 e. The van der Waals surface area contributed by atoms with Gasteiger partial charge in [-0.3, -0.25) is 0 Å². The van der Waals surface area contributed by atoms with Crippen LogP contribution >= 0.6 is 0 Å².